The fourth-order valence-corrected chi connectivity index (χ4v) is 3.93. The van der Waals surface area contributed by atoms with Gasteiger partial charge in [-0.05, 0) is 82.0 Å². The smallest absolute Gasteiger partial charge is 0.305 e. The molecule has 0 unspecified atom stereocenters. The van der Waals surface area contributed by atoms with Crippen molar-refractivity contribution in [3.05, 3.63) is 75.6 Å². The quantitative estimate of drug-likeness (QED) is 0.584. The second-order valence-corrected chi connectivity index (χ2v) is 7.91. The Labute approximate surface area is 183 Å². The summed E-state index contributed by atoms with van der Waals surface area (Å²) in [4.78, 5) is 24.3. The number of aryl methyl sites for hydroxylation is 4. The van der Waals surface area contributed by atoms with Crippen molar-refractivity contribution in [3.8, 4) is 5.69 Å². The molecular weight excluding hydrogens is 390 g/mol. The number of rotatable bonds is 6. The Morgan fingerprint density at radius 2 is 1.61 bits per heavy atom. The van der Waals surface area contributed by atoms with Crippen molar-refractivity contribution in [1.29, 1.82) is 0 Å². The molecule has 1 heterocycles. The van der Waals surface area contributed by atoms with Gasteiger partial charge in [0.2, 0.25) is 0 Å². The molecule has 0 aliphatic rings. The summed E-state index contributed by atoms with van der Waals surface area (Å²) in [5, 5.41) is 7.66. The molecule has 0 aliphatic carbocycles. The van der Waals surface area contributed by atoms with E-state index in [1.165, 1.54) is 12.7 Å². The molecule has 1 N–H and O–H groups in total. The highest BCUT2D eigenvalue weighted by atomic mass is 16.5. The van der Waals surface area contributed by atoms with E-state index in [2.05, 4.69) is 22.5 Å². The van der Waals surface area contributed by atoms with Crippen molar-refractivity contribution in [1.82, 2.24) is 9.78 Å². The number of anilines is 1. The van der Waals surface area contributed by atoms with Crippen molar-refractivity contribution in [2.75, 3.05) is 12.4 Å². The second-order valence-electron chi connectivity index (χ2n) is 7.91. The number of carbonyl (C=O) groups is 2. The lowest BCUT2D eigenvalue weighted by molar-refractivity contribution is -0.140. The van der Waals surface area contributed by atoms with E-state index in [0.29, 0.717) is 18.4 Å². The van der Waals surface area contributed by atoms with Crippen molar-refractivity contribution >= 4 is 17.6 Å². The van der Waals surface area contributed by atoms with Crippen LogP contribution in [-0.4, -0.2) is 28.8 Å². The zero-order valence-electron chi connectivity index (χ0n) is 19.0. The van der Waals surface area contributed by atoms with Gasteiger partial charge in [-0.15, -0.1) is 0 Å². The van der Waals surface area contributed by atoms with Crippen LogP contribution in [0.25, 0.3) is 5.69 Å². The van der Waals surface area contributed by atoms with Gasteiger partial charge in [-0.3, -0.25) is 9.59 Å². The standard InChI is InChI=1S/C25H29N3O3/c1-15-13-16(2)24(17(3)14-15)26-25(30)20-7-9-21(10-8-20)28-19(5)22(18(4)27-28)11-12-23(29)31-6/h7-10,13-14H,11-12H2,1-6H3,(H,26,30). The molecule has 162 valence electrons. The maximum Gasteiger partial charge on any atom is 0.305 e. The summed E-state index contributed by atoms with van der Waals surface area (Å²) in [6, 6.07) is 11.5. The van der Waals surface area contributed by atoms with Crippen LogP contribution in [0.3, 0.4) is 0 Å². The predicted octanol–water partition coefficient (Wildman–Crippen LogP) is 4.77. The average molecular weight is 420 g/mol. The molecule has 0 atom stereocenters. The number of hydrogen-bond acceptors (Lipinski definition) is 4. The molecule has 0 saturated carbocycles. The first-order valence-electron chi connectivity index (χ1n) is 10.3. The minimum Gasteiger partial charge on any atom is -0.469 e. The summed E-state index contributed by atoms with van der Waals surface area (Å²) < 4.78 is 6.58. The molecule has 0 radical (unpaired) electrons. The van der Waals surface area contributed by atoms with Gasteiger partial charge in [0, 0.05) is 23.4 Å². The Bertz CT molecular complexity index is 1100. The molecule has 0 fully saturated rings. The maximum absolute atomic E-state index is 12.8. The molecule has 0 aliphatic heterocycles. The van der Waals surface area contributed by atoms with Crippen molar-refractivity contribution in [2.45, 2.75) is 47.5 Å². The Hall–Kier alpha value is -3.41. The third-order valence-electron chi connectivity index (χ3n) is 5.54. The fraction of sp³-hybridized carbons (Fsp3) is 0.320. The Morgan fingerprint density at radius 1 is 1.00 bits per heavy atom. The minimum absolute atomic E-state index is 0.145. The molecule has 0 saturated heterocycles. The van der Waals surface area contributed by atoms with Crippen molar-refractivity contribution in [3.63, 3.8) is 0 Å². The topological polar surface area (TPSA) is 73.2 Å². The minimum atomic E-state index is -0.235. The highest BCUT2D eigenvalue weighted by Gasteiger charge is 2.15. The SMILES string of the molecule is COC(=O)CCc1c(C)nn(-c2ccc(C(=O)Nc3c(C)cc(C)cc3C)cc2)c1C. The molecule has 3 rings (SSSR count). The lowest BCUT2D eigenvalue weighted by atomic mass is 10.0. The fourth-order valence-electron chi connectivity index (χ4n) is 3.93. The van der Waals surface area contributed by atoms with Crippen LogP contribution in [-0.2, 0) is 16.0 Å². The number of ether oxygens (including phenoxy) is 1. The zero-order chi connectivity index (χ0) is 22.7. The van der Waals surface area contributed by atoms with Crippen molar-refractivity contribution in [2.24, 2.45) is 0 Å². The van der Waals surface area contributed by atoms with Gasteiger partial charge in [-0.25, -0.2) is 4.68 Å². The van der Waals surface area contributed by atoms with Gasteiger partial charge in [0.1, 0.15) is 0 Å². The van der Waals surface area contributed by atoms with Crippen LogP contribution in [0, 0.1) is 34.6 Å². The first-order valence-corrected chi connectivity index (χ1v) is 10.3. The van der Waals surface area contributed by atoms with Crippen LogP contribution < -0.4 is 5.32 Å². The number of methoxy groups -OCH3 is 1. The molecule has 0 spiro atoms. The molecule has 6 nitrogen and oxygen atoms in total. The number of aromatic nitrogens is 2. The second kappa shape index (κ2) is 9.16. The van der Waals surface area contributed by atoms with Gasteiger partial charge in [0.05, 0.1) is 18.5 Å². The molecular formula is C25H29N3O3. The molecule has 31 heavy (non-hydrogen) atoms. The van der Waals surface area contributed by atoms with Gasteiger partial charge >= 0.3 is 5.97 Å². The lowest BCUT2D eigenvalue weighted by Gasteiger charge is -2.13. The number of hydrogen-bond donors (Lipinski definition) is 1. The van der Waals surface area contributed by atoms with E-state index < -0.39 is 0 Å². The van der Waals surface area contributed by atoms with Crippen LogP contribution in [0.1, 0.15) is 50.4 Å². The molecule has 3 aromatic rings. The van der Waals surface area contributed by atoms with Crippen molar-refractivity contribution < 1.29 is 14.3 Å². The molecule has 6 heteroatoms. The van der Waals surface area contributed by atoms with Crippen LogP contribution in [0.4, 0.5) is 5.69 Å². The van der Waals surface area contributed by atoms with E-state index in [9.17, 15) is 9.59 Å². The summed E-state index contributed by atoms with van der Waals surface area (Å²) in [6.45, 7) is 9.96. The average Bonchev–Trinajstić information content (AvgIpc) is 3.02. The van der Waals surface area contributed by atoms with Gasteiger partial charge in [-0.2, -0.15) is 5.10 Å². The third kappa shape index (κ3) is 4.85. The van der Waals surface area contributed by atoms with Gasteiger partial charge in [0.15, 0.2) is 0 Å². The molecule has 1 aromatic heterocycles. The number of benzene rings is 2. The number of amides is 1. The van der Waals surface area contributed by atoms with E-state index >= 15 is 0 Å². The van der Waals surface area contributed by atoms with Crippen LogP contribution in [0.5, 0.6) is 0 Å². The number of carbonyl (C=O) groups excluding carboxylic acids is 2. The molecule has 1 amide bonds. The Balaban J connectivity index is 1.79. The van der Waals surface area contributed by atoms with Gasteiger partial charge in [0.25, 0.3) is 5.91 Å². The maximum atomic E-state index is 12.8. The Kier molecular flexibility index (Phi) is 6.59. The van der Waals surface area contributed by atoms with E-state index in [1.807, 2.05) is 51.4 Å². The molecule has 0 bridgehead atoms. The summed E-state index contributed by atoms with van der Waals surface area (Å²) in [5.41, 5.74) is 8.46. The number of nitrogens with one attached hydrogen (secondary N) is 1. The lowest BCUT2D eigenvalue weighted by Crippen LogP contribution is -2.14. The first kappa shape index (κ1) is 22.3. The largest absolute Gasteiger partial charge is 0.469 e. The van der Waals surface area contributed by atoms with Gasteiger partial charge < -0.3 is 10.1 Å². The van der Waals surface area contributed by atoms with E-state index in [1.54, 1.807) is 12.1 Å². The van der Waals surface area contributed by atoms with E-state index in [-0.39, 0.29) is 11.9 Å². The van der Waals surface area contributed by atoms with Crippen LogP contribution in [0.15, 0.2) is 36.4 Å². The summed E-state index contributed by atoms with van der Waals surface area (Å²) >= 11 is 0. The molecule has 2 aromatic carbocycles. The summed E-state index contributed by atoms with van der Waals surface area (Å²) in [7, 11) is 1.39. The van der Waals surface area contributed by atoms with E-state index in [4.69, 9.17) is 4.74 Å². The highest BCUT2D eigenvalue weighted by Crippen LogP contribution is 2.23. The third-order valence-corrected chi connectivity index (χ3v) is 5.54. The van der Waals surface area contributed by atoms with Crippen LogP contribution in [0.2, 0.25) is 0 Å². The summed E-state index contributed by atoms with van der Waals surface area (Å²) in [6.07, 6.45) is 0.904. The zero-order valence-corrected chi connectivity index (χ0v) is 19.0. The van der Waals surface area contributed by atoms with Gasteiger partial charge in [-0.1, -0.05) is 17.7 Å². The highest BCUT2D eigenvalue weighted by molar-refractivity contribution is 6.05. The Morgan fingerprint density at radius 3 is 2.19 bits per heavy atom. The number of esters is 1. The van der Waals surface area contributed by atoms with Crippen LogP contribution >= 0.6 is 0 Å². The predicted molar refractivity (Wildman–Crippen MR) is 122 cm³/mol. The van der Waals surface area contributed by atoms with E-state index in [0.717, 1.165) is 39.5 Å². The first-order chi connectivity index (χ1) is 14.7. The monoisotopic (exact) mass is 419 g/mol. The normalized spacial score (nSPS) is 10.8. The number of nitrogens with zero attached hydrogens (tertiary/aromatic N) is 2. The summed E-state index contributed by atoms with van der Waals surface area (Å²) in [5.74, 6) is -0.380.